The van der Waals surface area contributed by atoms with Gasteiger partial charge in [0.1, 0.15) is 19.3 Å². The molecule has 8 heteroatoms. The molecular formula is C34H36N2O6. The van der Waals surface area contributed by atoms with E-state index in [0.29, 0.717) is 12.8 Å². The first-order valence-corrected chi connectivity index (χ1v) is 14.3. The van der Waals surface area contributed by atoms with E-state index < -0.39 is 53.3 Å². The zero-order valence-electron chi connectivity index (χ0n) is 24.1. The number of β-lactam (4-membered cyclic amide) rings is 1. The van der Waals surface area contributed by atoms with Crippen LogP contribution in [0.15, 0.2) is 91.0 Å². The number of aryl methyl sites for hydroxylation is 1. The number of ketones is 1. The van der Waals surface area contributed by atoms with Crippen molar-refractivity contribution in [3.05, 3.63) is 108 Å². The van der Waals surface area contributed by atoms with E-state index in [1.807, 2.05) is 91.0 Å². The molecule has 4 atom stereocenters. The summed E-state index contributed by atoms with van der Waals surface area (Å²) in [6, 6.07) is 25.0. The van der Waals surface area contributed by atoms with Gasteiger partial charge in [-0.15, -0.1) is 0 Å². The molecule has 2 aliphatic heterocycles. The highest BCUT2D eigenvalue weighted by molar-refractivity contribution is 6.10. The van der Waals surface area contributed by atoms with Crippen LogP contribution in [-0.2, 0) is 36.9 Å². The van der Waals surface area contributed by atoms with Gasteiger partial charge in [0.15, 0.2) is 11.8 Å². The SMILES string of the molecule is CC(C)(C)C(=O)C(C(=O)OCc1ccccc1)N1C(=O)[C@@H](N2C(=O)OC[C@@H]2c2ccccc2)[C@H]1CCc1ccccc1. The van der Waals surface area contributed by atoms with Gasteiger partial charge in [0.05, 0.1) is 12.1 Å². The zero-order valence-corrected chi connectivity index (χ0v) is 24.1. The Morgan fingerprint density at radius 2 is 1.45 bits per heavy atom. The molecule has 3 aromatic rings. The normalized spacial score (nSPS) is 21.0. The Morgan fingerprint density at radius 1 is 0.881 bits per heavy atom. The van der Waals surface area contributed by atoms with Crippen LogP contribution >= 0.6 is 0 Å². The van der Waals surface area contributed by atoms with Crippen molar-refractivity contribution in [2.45, 2.75) is 64.4 Å². The number of hydrogen-bond acceptors (Lipinski definition) is 6. The average molecular weight is 569 g/mol. The number of Topliss-reactive ketones (excluding diaryl/α,β-unsaturated/α-hetero) is 1. The van der Waals surface area contributed by atoms with E-state index in [-0.39, 0.29) is 13.2 Å². The molecule has 0 bridgehead atoms. The number of cyclic esters (lactones) is 1. The van der Waals surface area contributed by atoms with Gasteiger partial charge in [0.2, 0.25) is 5.91 Å². The third kappa shape index (κ3) is 5.93. The molecule has 0 aromatic heterocycles. The van der Waals surface area contributed by atoms with E-state index in [1.54, 1.807) is 20.8 Å². The molecule has 0 aliphatic carbocycles. The van der Waals surface area contributed by atoms with Crippen LogP contribution in [0, 0.1) is 5.41 Å². The minimum atomic E-state index is -1.44. The van der Waals surface area contributed by atoms with Crippen molar-refractivity contribution in [3.8, 4) is 0 Å². The van der Waals surface area contributed by atoms with Gasteiger partial charge < -0.3 is 14.4 Å². The first-order valence-electron chi connectivity index (χ1n) is 14.3. The Balaban J connectivity index is 1.48. The predicted molar refractivity (Wildman–Crippen MR) is 156 cm³/mol. The summed E-state index contributed by atoms with van der Waals surface area (Å²) in [5.74, 6) is -1.66. The fourth-order valence-corrected chi connectivity index (χ4v) is 5.67. The second kappa shape index (κ2) is 12.2. The summed E-state index contributed by atoms with van der Waals surface area (Å²) < 4.78 is 11.1. The van der Waals surface area contributed by atoms with E-state index >= 15 is 0 Å². The molecule has 218 valence electrons. The molecule has 0 radical (unpaired) electrons. The highest BCUT2D eigenvalue weighted by atomic mass is 16.6. The Bertz CT molecular complexity index is 1420. The van der Waals surface area contributed by atoms with Crippen LogP contribution in [0.1, 0.15) is 49.9 Å². The lowest BCUT2D eigenvalue weighted by atomic mass is 9.80. The molecule has 2 amide bonds. The number of amides is 2. The number of esters is 1. The minimum absolute atomic E-state index is 0.0255. The molecule has 0 N–H and O–H groups in total. The number of likely N-dealkylation sites (tertiary alicyclic amines) is 1. The Kier molecular flexibility index (Phi) is 8.43. The first kappa shape index (κ1) is 29.0. The summed E-state index contributed by atoms with van der Waals surface area (Å²) in [5.41, 5.74) is 1.74. The lowest BCUT2D eigenvalue weighted by Gasteiger charge is -2.53. The molecule has 2 fully saturated rings. The van der Waals surface area contributed by atoms with Crippen molar-refractivity contribution < 1.29 is 28.7 Å². The topological polar surface area (TPSA) is 93.2 Å². The summed E-state index contributed by atoms with van der Waals surface area (Å²) >= 11 is 0. The van der Waals surface area contributed by atoms with Crippen LogP contribution in [-0.4, -0.2) is 58.3 Å². The highest BCUT2D eigenvalue weighted by Crippen LogP contribution is 2.40. The number of ether oxygens (including phenoxy) is 2. The van der Waals surface area contributed by atoms with Gasteiger partial charge in [0, 0.05) is 5.41 Å². The Morgan fingerprint density at radius 3 is 2.05 bits per heavy atom. The van der Waals surface area contributed by atoms with Crippen molar-refractivity contribution in [2.75, 3.05) is 6.61 Å². The molecule has 8 nitrogen and oxygen atoms in total. The third-order valence-electron chi connectivity index (χ3n) is 7.91. The van der Waals surface area contributed by atoms with E-state index in [2.05, 4.69) is 0 Å². The number of nitrogens with zero attached hydrogens (tertiary/aromatic N) is 2. The fourth-order valence-electron chi connectivity index (χ4n) is 5.67. The Labute approximate surface area is 246 Å². The first-order chi connectivity index (χ1) is 20.2. The number of hydrogen-bond donors (Lipinski definition) is 0. The lowest BCUT2D eigenvalue weighted by Crippen LogP contribution is -2.76. The molecular weight excluding hydrogens is 532 g/mol. The van der Waals surface area contributed by atoms with Gasteiger partial charge in [-0.3, -0.25) is 14.5 Å². The minimum Gasteiger partial charge on any atom is -0.459 e. The van der Waals surface area contributed by atoms with Gasteiger partial charge in [-0.05, 0) is 29.5 Å². The number of benzene rings is 3. The molecule has 0 saturated carbocycles. The van der Waals surface area contributed by atoms with Gasteiger partial charge in [0.25, 0.3) is 0 Å². The van der Waals surface area contributed by atoms with Crippen molar-refractivity contribution in [2.24, 2.45) is 5.41 Å². The van der Waals surface area contributed by atoms with Gasteiger partial charge >= 0.3 is 12.1 Å². The predicted octanol–water partition coefficient (Wildman–Crippen LogP) is 5.12. The van der Waals surface area contributed by atoms with E-state index in [1.165, 1.54) is 9.80 Å². The van der Waals surface area contributed by atoms with Gasteiger partial charge in [-0.2, -0.15) is 0 Å². The van der Waals surface area contributed by atoms with Gasteiger partial charge in [-0.1, -0.05) is 112 Å². The number of rotatable bonds is 10. The fraction of sp³-hybridized carbons (Fsp3) is 0.353. The summed E-state index contributed by atoms with van der Waals surface area (Å²) in [7, 11) is 0. The molecule has 5 rings (SSSR count). The molecule has 42 heavy (non-hydrogen) atoms. The standard InChI is InChI=1S/C34H36N2O6/c1-34(2,3)30(37)29(32(39)41-21-24-15-9-5-10-16-24)35-26(20-19-23-13-7-4-8-14-23)28(31(35)38)36-27(22-42-33(36)40)25-17-11-6-12-18-25/h4-18,26-29H,19-22H2,1-3H3/t26-,27-,28+,29?/m1/s1. The monoisotopic (exact) mass is 568 g/mol. The maximum Gasteiger partial charge on any atom is 0.411 e. The summed E-state index contributed by atoms with van der Waals surface area (Å²) in [6.45, 7) is 5.24. The van der Waals surface area contributed by atoms with Crippen molar-refractivity contribution in [1.29, 1.82) is 0 Å². The van der Waals surface area contributed by atoms with E-state index in [4.69, 9.17) is 9.47 Å². The molecule has 1 unspecified atom stereocenters. The smallest absolute Gasteiger partial charge is 0.411 e. The van der Waals surface area contributed by atoms with E-state index in [0.717, 1.165) is 16.7 Å². The second-order valence-electron chi connectivity index (χ2n) is 11.8. The number of carbonyl (C=O) groups excluding carboxylic acids is 4. The van der Waals surface area contributed by atoms with Gasteiger partial charge in [-0.25, -0.2) is 9.59 Å². The highest BCUT2D eigenvalue weighted by Gasteiger charge is 2.60. The largest absolute Gasteiger partial charge is 0.459 e. The second-order valence-corrected chi connectivity index (χ2v) is 11.8. The molecule has 3 aromatic carbocycles. The molecule has 2 saturated heterocycles. The molecule has 2 heterocycles. The maximum absolute atomic E-state index is 14.1. The zero-order chi connectivity index (χ0) is 29.9. The maximum atomic E-state index is 14.1. The average Bonchev–Trinajstić information content (AvgIpc) is 3.37. The molecule has 0 spiro atoms. The molecule has 2 aliphatic rings. The van der Waals surface area contributed by atoms with Crippen LogP contribution in [0.2, 0.25) is 0 Å². The number of carbonyl (C=O) groups is 4. The van der Waals surface area contributed by atoms with Crippen LogP contribution in [0.25, 0.3) is 0 Å². The van der Waals surface area contributed by atoms with Crippen molar-refractivity contribution in [1.82, 2.24) is 9.80 Å². The van der Waals surface area contributed by atoms with Crippen LogP contribution in [0.4, 0.5) is 4.79 Å². The Hall–Kier alpha value is -4.46. The van der Waals surface area contributed by atoms with Crippen molar-refractivity contribution in [3.63, 3.8) is 0 Å². The van der Waals surface area contributed by atoms with Crippen molar-refractivity contribution >= 4 is 23.8 Å². The quantitative estimate of drug-likeness (QED) is 0.192. The van der Waals surface area contributed by atoms with Crippen LogP contribution in [0.3, 0.4) is 0 Å². The summed E-state index contributed by atoms with van der Waals surface area (Å²) in [6.07, 6.45) is 0.433. The summed E-state index contributed by atoms with van der Waals surface area (Å²) in [5, 5.41) is 0. The van der Waals surface area contributed by atoms with Crippen LogP contribution in [0.5, 0.6) is 0 Å². The third-order valence-corrected chi connectivity index (χ3v) is 7.91. The van der Waals surface area contributed by atoms with Crippen LogP contribution < -0.4 is 0 Å². The lowest BCUT2D eigenvalue weighted by molar-refractivity contribution is -0.178. The van der Waals surface area contributed by atoms with E-state index in [9.17, 15) is 19.2 Å². The summed E-state index contributed by atoms with van der Waals surface area (Å²) in [4.78, 5) is 57.4.